The average molecular weight is 195 g/mol. The fraction of sp³-hybridized carbons (Fsp3) is 0.125. The second kappa shape index (κ2) is 2.99. The molecule has 6 heteroatoms. The van der Waals surface area contributed by atoms with Gasteiger partial charge in [0.25, 0.3) is 0 Å². The SMILES string of the molecule is O=Cc1ccc2c(c1[N+](=O)[O-])OCO2. The maximum absolute atomic E-state index is 10.7. The normalized spacial score (nSPS) is 12.6. The molecule has 6 nitrogen and oxygen atoms in total. The number of hydrogen-bond acceptors (Lipinski definition) is 5. The molecule has 0 aromatic heterocycles. The Balaban J connectivity index is 2.68. The smallest absolute Gasteiger partial charge is 0.325 e. The van der Waals surface area contributed by atoms with Gasteiger partial charge >= 0.3 is 5.69 Å². The van der Waals surface area contributed by atoms with E-state index in [-0.39, 0.29) is 23.8 Å². The summed E-state index contributed by atoms with van der Waals surface area (Å²) < 4.78 is 9.86. The Labute approximate surface area is 78.2 Å². The van der Waals surface area contributed by atoms with Gasteiger partial charge in [0, 0.05) is 0 Å². The van der Waals surface area contributed by atoms with Crippen molar-refractivity contribution in [2.45, 2.75) is 0 Å². The van der Waals surface area contributed by atoms with E-state index in [9.17, 15) is 14.9 Å². The first-order valence-corrected chi connectivity index (χ1v) is 3.76. The van der Waals surface area contributed by atoms with Crippen LogP contribution in [0.3, 0.4) is 0 Å². The first kappa shape index (κ1) is 8.49. The molecule has 0 radical (unpaired) electrons. The van der Waals surface area contributed by atoms with Crippen molar-refractivity contribution in [2.24, 2.45) is 0 Å². The van der Waals surface area contributed by atoms with E-state index >= 15 is 0 Å². The fourth-order valence-electron chi connectivity index (χ4n) is 1.26. The second-order valence-electron chi connectivity index (χ2n) is 2.61. The highest BCUT2D eigenvalue weighted by Gasteiger charge is 2.28. The van der Waals surface area contributed by atoms with Crippen LogP contribution in [0.15, 0.2) is 12.1 Å². The number of benzene rings is 1. The number of carbonyl (C=O) groups is 1. The highest BCUT2D eigenvalue weighted by molar-refractivity contribution is 5.85. The summed E-state index contributed by atoms with van der Waals surface area (Å²) in [7, 11) is 0. The molecule has 1 aromatic carbocycles. The van der Waals surface area contributed by atoms with E-state index < -0.39 is 4.92 Å². The van der Waals surface area contributed by atoms with Gasteiger partial charge in [0.1, 0.15) is 0 Å². The molecule has 72 valence electrons. The molecule has 1 heterocycles. The third kappa shape index (κ3) is 1.08. The number of nitro groups is 1. The monoisotopic (exact) mass is 195 g/mol. The molecule has 1 aliphatic rings. The molecule has 0 fully saturated rings. The van der Waals surface area contributed by atoms with Crippen molar-refractivity contribution in [3.63, 3.8) is 0 Å². The molecule has 14 heavy (non-hydrogen) atoms. The lowest BCUT2D eigenvalue weighted by molar-refractivity contribution is -0.385. The Bertz CT molecular complexity index is 414. The van der Waals surface area contributed by atoms with Crippen molar-refractivity contribution in [2.75, 3.05) is 6.79 Å². The number of ether oxygens (including phenoxy) is 2. The lowest BCUT2D eigenvalue weighted by atomic mass is 10.1. The van der Waals surface area contributed by atoms with Crippen LogP contribution in [0.2, 0.25) is 0 Å². The van der Waals surface area contributed by atoms with Crippen LogP contribution in [0.1, 0.15) is 10.4 Å². The van der Waals surface area contributed by atoms with Crippen LogP contribution in [-0.2, 0) is 0 Å². The van der Waals surface area contributed by atoms with Gasteiger partial charge < -0.3 is 9.47 Å². The van der Waals surface area contributed by atoms with Crippen LogP contribution >= 0.6 is 0 Å². The Morgan fingerprint density at radius 1 is 1.43 bits per heavy atom. The van der Waals surface area contributed by atoms with Crippen molar-refractivity contribution in [1.29, 1.82) is 0 Å². The highest BCUT2D eigenvalue weighted by atomic mass is 16.7. The van der Waals surface area contributed by atoms with Gasteiger partial charge in [0.15, 0.2) is 12.0 Å². The molecular weight excluding hydrogens is 190 g/mol. The topological polar surface area (TPSA) is 78.7 Å². The first-order chi connectivity index (χ1) is 6.74. The minimum absolute atomic E-state index is 0.0146. The number of nitrogens with zero attached hydrogens (tertiary/aromatic N) is 1. The summed E-state index contributed by atoms with van der Waals surface area (Å²) in [5.74, 6) is 0.321. The van der Waals surface area contributed by atoms with Crippen molar-refractivity contribution in [3.05, 3.63) is 27.8 Å². The lowest BCUT2D eigenvalue weighted by Crippen LogP contribution is -1.97. The molecule has 0 spiro atoms. The van der Waals surface area contributed by atoms with Crippen molar-refractivity contribution >= 4 is 12.0 Å². The molecule has 1 aromatic rings. The Kier molecular flexibility index (Phi) is 1.81. The third-order valence-corrected chi connectivity index (χ3v) is 1.85. The molecule has 0 saturated carbocycles. The van der Waals surface area contributed by atoms with Gasteiger partial charge in [-0.2, -0.15) is 0 Å². The minimum atomic E-state index is -0.656. The van der Waals surface area contributed by atoms with Gasteiger partial charge in [0.05, 0.1) is 10.5 Å². The maximum Gasteiger partial charge on any atom is 0.325 e. The van der Waals surface area contributed by atoms with Gasteiger partial charge in [-0.1, -0.05) is 0 Å². The van der Waals surface area contributed by atoms with Gasteiger partial charge in [0.2, 0.25) is 12.5 Å². The first-order valence-electron chi connectivity index (χ1n) is 3.76. The molecule has 0 unspecified atom stereocenters. The van der Waals surface area contributed by atoms with Crippen LogP contribution in [0.25, 0.3) is 0 Å². The number of fused-ring (bicyclic) bond motifs is 1. The van der Waals surface area contributed by atoms with E-state index in [1.165, 1.54) is 12.1 Å². The predicted molar refractivity (Wildman–Crippen MR) is 44.6 cm³/mol. The second-order valence-corrected chi connectivity index (χ2v) is 2.61. The largest absolute Gasteiger partial charge is 0.453 e. The molecule has 0 N–H and O–H groups in total. The quantitative estimate of drug-likeness (QED) is 0.401. The van der Waals surface area contributed by atoms with Crippen LogP contribution in [-0.4, -0.2) is 18.0 Å². The molecular formula is C8H5NO5. The fourth-order valence-corrected chi connectivity index (χ4v) is 1.26. The number of aldehydes is 1. The van der Waals surface area contributed by atoms with E-state index in [1.807, 2.05) is 0 Å². The van der Waals surface area contributed by atoms with E-state index in [0.29, 0.717) is 12.0 Å². The molecule has 0 bridgehead atoms. The number of carbonyl (C=O) groups excluding carboxylic acids is 1. The summed E-state index contributed by atoms with van der Waals surface area (Å²) in [6, 6.07) is 2.80. The zero-order chi connectivity index (χ0) is 10.1. The molecule has 2 rings (SSSR count). The Hall–Kier alpha value is -2.11. The summed E-state index contributed by atoms with van der Waals surface area (Å²) >= 11 is 0. The van der Waals surface area contributed by atoms with Crippen molar-refractivity contribution in [3.8, 4) is 11.5 Å². The van der Waals surface area contributed by atoms with Crippen LogP contribution in [0.5, 0.6) is 11.5 Å². The molecule has 0 amide bonds. The highest BCUT2D eigenvalue weighted by Crippen LogP contribution is 2.41. The maximum atomic E-state index is 10.7. The summed E-state index contributed by atoms with van der Waals surface area (Å²) in [6.45, 7) is -0.0571. The summed E-state index contributed by atoms with van der Waals surface area (Å²) in [6.07, 6.45) is 0.417. The number of hydrogen-bond donors (Lipinski definition) is 0. The van der Waals surface area contributed by atoms with Crippen LogP contribution in [0, 0.1) is 10.1 Å². The average Bonchev–Trinajstić information content (AvgIpc) is 2.62. The number of rotatable bonds is 2. The molecule has 0 saturated heterocycles. The van der Waals surface area contributed by atoms with Crippen molar-refractivity contribution in [1.82, 2.24) is 0 Å². The minimum Gasteiger partial charge on any atom is -0.453 e. The Morgan fingerprint density at radius 3 is 2.86 bits per heavy atom. The summed E-state index contributed by atoms with van der Waals surface area (Å²) in [5.41, 5.74) is -0.353. The zero-order valence-corrected chi connectivity index (χ0v) is 6.93. The predicted octanol–water partition coefficient (Wildman–Crippen LogP) is 1.14. The van der Waals surface area contributed by atoms with E-state index in [4.69, 9.17) is 9.47 Å². The van der Waals surface area contributed by atoms with E-state index in [2.05, 4.69) is 0 Å². The van der Waals surface area contributed by atoms with Gasteiger partial charge in [-0.3, -0.25) is 14.9 Å². The van der Waals surface area contributed by atoms with Gasteiger partial charge in [-0.25, -0.2) is 0 Å². The Morgan fingerprint density at radius 2 is 2.21 bits per heavy atom. The third-order valence-electron chi connectivity index (χ3n) is 1.85. The summed E-state index contributed by atoms with van der Waals surface area (Å²) in [4.78, 5) is 20.5. The van der Waals surface area contributed by atoms with Crippen LogP contribution in [0.4, 0.5) is 5.69 Å². The zero-order valence-electron chi connectivity index (χ0n) is 6.93. The molecule has 0 aliphatic carbocycles. The lowest BCUT2D eigenvalue weighted by Gasteiger charge is -1.99. The van der Waals surface area contributed by atoms with E-state index in [0.717, 1.165) is 0 Å². The van der Waals surface area contributed by atoms with Crippen LogP contribution < -0.4 is 9.47 Å². The van der Waals surface area contributed by atoms with Gasteiger partial charge in [-0.15, -0.1) is 0 Å². The van der Waals surface area contributed by atoms with E-state index in [1.54, 1.807) is 0 Å². The molecule has 0 atom stereocenters. The molecule has 1 aliphatic heterocycles. The number of nitro benzene ring substituents is 1. The van der Waals surface area contributed by atoms with Gasteiger partial charge in [-0.05, 0) is 12.1 Å². The van der Waals surface area contributed by atoms with Crippen molar-refractivity contribution < 1.29 is 19.2 Å². The standard InChI is InChI=1S/C8H5NO5/c10-3-5-1-2-6-8(14-4-13-6)7(5)9(11)12/h1-3H,4H2. The summed E-state index contributed by atoms with van der Waals surface area (Å²) in [5, 5.41) is 10.7.